The normalized spacial score (nSPS) is 14.8. The summed E-state index contributed by atoms with van der Waals surface area (Å²) in [6.45, 7) is 0. The third-order valence-electron chi connectivity index (χ3n) is 5.83. The quantitative estimate of drug-likeness (QED) is 0.280. The lowest BCUT2D eigenvalue weighted by Crippen LogP contribution is -2.16. The van der Waals surface area contributed by atoms with Gasteiger partial charge in [-0.05, 0) is 24.3 Å². The third-order valence-corrected chi connectivity index (χ3v) is 6.14. The van der Waals surface area contributed by atoms with E-state index in [0.29, 0.717) is 22.0 Å². The molecule has 4 N–H and O–H groups in total. The van der Waals surface area contributed by atoms with Crippen LogP contribution in [0.25, 0.3) is 22.2 Å². The summed E-state index contributed by atoms with van der Waals surface area (Å²) in [7, 11) is 3.64. The van der Waals surface area contributed by atoms with Crippen molar-refractivity contribution < 1.29 is 9.53 Å². The number of ether oxygens (including phenoxy) is 1. The standard InChI is InChI=1S/C24H21ClN10O2/c1-34-11-15(8-28-34)14-5-17-18(10-27-21(17)26-7-14)23-32-33-24(37-23)31-20-4-3-13(6-19(20)25)22(36)30-16-9-29-35(2)12-16/h3-12,23,32H,1-2H3,(H,26,27)(H,30,36)(H,31,33). The molecule has 0 saturated heterocycles. The Labute approximate surface area is 215 Å². The Kier molecular flexibility index (Phi) is 5.49. The SMILES string of the molecule is Cn1cc(NC(=O)c2ccc(NC3=NNC(c4c[nH]c5ncc(-c6cnn(C)c6)cc45)O3)c(Cl)c2)cn1. The number of aryl methyl sites for hydroxylation is 2. The number of hydrazone groups is 1. The zero-order valence-electron chi connectivity index (χ0n) is 19.7. The predicted octanol–water partition coefficient (Wildman–Crippen LogP) is 3.60. The van der Waals surface area contributed by atoms with Crippen LogP contribution in [0.5, 0.6) is 0 Å². The van der Waals surface area contributed by atoms with Crippen LogP contribution in [0.1, 0.15) is 22.1 Å². The minimum absolute atomic E-state index is 0.241. The fourth-order valence-corrected chi connectivity index (χ4v) is 4.23. The van der Waals surface area contributed by atoms with E-state index in [2.05, 4.69) is 41.3 Å². The van der Waals surface area contributed by atoms with Crippen molar-refractivity contribution in [1.29, 1.82) is 0 Å². The van der Waals surface area contributed by atoms with E-state index < -0.39 is 6.23 Å². The Morgan fingerprint density at radius 1 is 1.08 bits per heavy atom. The zero-order chi connectivity index (χ0) is 25.5. The highest BCUT2D eigenvalue weighted by Crippen LogP contribution is 2.31. The van der Waals surface area contributed by atoms with Gasteiger partial charge in [0.15, 0.2) is 0 Å². The molecule has 0 saturated carbocycles. The number of anilines is 2. The number of nitrogens with zero attached hydrogens (tertiary/aromatic N) is 6. The highest BCUT2D eigenvalue weighted by atomic mass is 35.5. The molecule has 1 aromatic carbocycles. The van der Waals surface area contributed by atoms with Crippen LogP contribution in [0.15, 0.2) is 66.5 Å². The number of aromatic amines is 1. The number of amides is 1. The maximum atomic E-state index is 12.5. The maximum absolute atomic E-state index is 12.5. The van der Waals surface area contributed by atoms with Crippen molar-refractivity contribution in [2.75, 3.05) is 10.6 Å². The number of carbonyl (C=O) groups is 1. The minimum atomic E-state index is -0.537. The highest BCUT2D eigenvalue weighted by molar-refractivity contribution is 6.34. The maximum Gasteiger partial charge on any atom is 0.313 e. The molecule has 1 aliphatic heterocycles. The first-order valence-electron chi connectivity index (χ1n) is 11.3. The fourth-order valence-electron chi connectivity index (χ4n) is 4.00. The molecule has 5 aromatic rings. The first kappa shape index (κ1) is 22.6. The molecule has 37 heavy (non-hydrogen) atoms. The number of halogens is 1. The van der Waals surface area contributed by atoms with E-state index in [0.717, 1.165) is 27.7 Å². The molecule has 0 aliphatic carbocycles. The largest absolute Gasteiger partial charge is 0.434 e. The molecule has 1 atom stereocenters. The second kappa shape index (κ2) is 8.99. The van der Waals surface area contributed by atoms with Gasteiger partial charge in [0.25, 0.3) is 5.91 Å². The van der Waals surface area contributed by atoms with E-state index in [-0.39, 0.29) is 11.9 Å². The first-order chi connectivity index (χ1) is 17.9. The van der Waals surface area contributed by atoms with Crippen molar-refractivity contribution in [2.24, 2.45) is 19.2 Å². The number of carbonyl (C=O) groups excluding carboxylic acids is 1. The summed E-state index contributed by atoms with van der Waals surface area (Å²) in [5.74, 6) is -0.295. The number of pyridine rings is 1. The second-order valence-electron chi connectivity index (χ2n) is 8.49. The molecule has 1 amide bonds. The van der Waals surface area contributed by atoms with Crippen molar-refractivity contribution in [1.82, 2.24) is 35.0 Å². The van der Waals surface area contributed by atoms with Gasteiger partial charge in [0.1, 0.15) is 5.65 Å². The molecule has 186 valence electrons. The van der Waals surface area contributed by atoms with Crippen molar-refractivity contribution in [3.05, 3.63) is 77.6 Å². The van der Waals surface area contributed by atoms with Crippen molar-refractivity contribution in [3.8, 4) is 11.1 Å². The van der Waals surface area contributed by atoms with Gasteiger partial charge in [-0.25, -0.2) is 4.98 Å². The molecule has 1 aliphatic rings. The van der Waals surface area contributed by atoms with E-state index in [4.69, 9.17) is 16.3 Å². The van der Waals surface area contributed by atoms with Crippen LogP contribution in [-0.4, -0.2) is 41.5 Å². The molecular weight excluding hydrogens is 496 g/mol. The summed E-state index contributed by atoms with van der Waals surface area (Å²) in [5.41, 5.74) is 8.02. The van der Waals surface area contributed by atoms with Crippen LogP contribution < -0.4 is 16.1 Å². The van der Waals surface area contributed by atoms with Crippen molar-refractivity contribution in [2.45, 2.75) is 6.23 Å². The van der Waals surface area contributed by atoms with Crippen LogP contribution in [0.2, 0.25) is 5.02 Å². The third kappa shape index (κ3) is 4.45. The summed E-state index contributed by atoms with van der Waals surface area (Å²) in [5, 5.41) is 19.6. The van der Waals surface area contributed by atoms with Gasteiger partial charge in [-0.15, -0.1) is 5.10 Å². The Morgan fingerprint density at radius 2 is 1.92 bits per heavy atom. The number of benzene rings is 1. The first-order valence-corrected chi connectivity index (χ1v) is 11.6. The number of rotatable bonds is 5. The average molecular weight is 517 g/mol. The highest BCUT2D eigenvalue weighted by Gasteiger charge is 2.25. The van der Waals surface area contributed by atoms with E-state index in [9.17, 15) is 4.79 Å². The number of amidine groups is 1. The molecule has 0 radical (unpaired) electrons. The lowest BCUT2D eigenvalue weighted by Gasteiger charge is -2.12. The number of hydrogen-bond acceptors (Lipinski definition) is 8. The smallest absolute Gasteiger partial charge is 0.313 e. The van der Waals surface area contributed by atoms with Gasteiger partial charge in [0.2, 0.25) is 6.23 Å². The lowest BCUT2D eigenvalue weighted by molar-refractivity contribution is 0.102. The van der Waals surface area contributed by atoms with Crippen molar-refractivity contribution in [3.63, 3.8) is 0 Å². The van der Waals surface area contributed by atoms with Crippen LogP contribution in [0, 0.1) is 0 Å². The number of aromatic nitrogens is 6. The molecule has 0 fully saturated rings. The molecule has 0 spiro atoms. The van der Waals surface area contributed by atoms with Gasteiger partial charge in [-0.2, -0.15) is 10.2 Å². The topological polar surface area (TPSA) is 139 Å². The van der Waals surface area contributed by atoms with Crippen LogP contribution in [0.3, 0.4) is 0 Å². The van der Waals surface area contributed by atoms with E-state index >= 15 is 0 Å². The molecular formula is C24H21ClN10O2. The summed E-state index contributed by atoms with van der Waals surface area (Å²) in [6.07, 6.45) is 10.1. The summed E-state index contributed by atoms with van der Waals surface area (Å²) in [4.78, 5) is 20.2. The number of nitrogens with one attached hydrogen (secondary N) is 4. The van der Waals surface area contributed by atoms with Crippen LogP contribution in [-0.2, 0) is 18.8 Å². The van der Waals surface area contributed by atoms with E-state index in [1.165, 1.54) is 0 Å². The van der Waals surface area contributed by atoms with E-state index in [1.54, 1.807) is 59.4 Å². The van der Waals surface area contributed by atoms with Gasteiger partial charge >= 0.3 is 6.02 Å². The molecule has 13 heteroatoms. The monoisotopic (exact) mass is 516 g/mol. The minimum Gasteiger partial charge on any atom is -0.434 e. The molecule has 12 nitrogen and oxygen atoms in total. The molecule has 1 unspecified atom stereocenters. The second-order valence-corrected chi connectivity index (χ2v) is 8.89. The van der Waals surface area contributed by atoms with Gasteiger partial charge in [-0.1, -0.05) is 11.6 Å². The summed E-state index contributed by atoms with van der Waals surface area (Å²) in [6, 6.07) is 7.20. The van der Waals surface area contributed by atoms with Crippen LogP contribution >= 0.6 is 11.6 Å². The summed E-state index contributed by atoms with van der Waals surface area (Å²) < 4.78 is 9.35. The Hall–Kier alpha value is -4.84. The Balaban J connectivity index is 1.15. The van der Waals surface area contributed by atoms with Crippen molar-refractivity contribution >= 4 is 45.9 Å². The number of fused-ring (bicyclic) bond motifs is 1. The molecule has 6 rings (SSSR count). The number of H-pyrrole nitrogens is 1. The molecule has 5 heterocycles. The van der Waals surface area contributed by atoms with Gasteiger partial charge < -0.3 is 20.4 Å². The molecule has 0 bridgehead atoms. The Bertz CT molecular complexity index is 1670. The Morgan fingerprint density at radius 3 is 2.68 bits per heavy atom. The fraction of sp³-hybridized carbons (Fsp3) is 0.125. The zero-order valence-corrected chi connectivity index (χ0v) is 20.5. The van der Waals surface area contributed by atoms with Crippen LogP contribution in [0.4, 0.5) is 11.4 Å². The predicted molar refractivity (Wildman–Crippen MR) is 139 cm³/mol. The van der Waals surface area contributed by atoms with E-state index in [1.807, 2.05) is 25.5 Å². The summed E-state index contributed by atoms with van der Waals surface area (Å²) >= 11 is 6.44. The average Bonchev–Trinajstić information content (AvgIpc) is 3.68. The van der Waals surface area contributed by atoms with Gasteiger partial charge in [0, 0.05) is 66.5 Å². The van der Waals surface area contributed by atoms with Gasteiger partial charge in [-0.3, -0.25) is 19.6 Å². The molecule has 4 aromatic heterocycles. The lowest BCUT2D eigenvalue weighted by atomic mass is 10.1. The number of hydrogen-bond donors (Lipinski definition) is 4. The van der Waals surface area contributed by atoms with Gasteiger partial charge in [0.05, 0.1) is 28.8 Å².